The zero-order valence-electron chi connectivity index (χ0n) is 9.17. The van der Waals surface area contributed by atoms with Crippen LogP contribution >= 0.6 is 12.6 Å². The van der Waals surface area contributed by atoms with Gasteiger partial charge in [-0.15, -0.1) is 0 Å². The van der Waals surface area contributed by atoms with Crippen molar-refractivity contribution in [1.29, 1.82) is 0 Å². The average Bonchev–Trinajstić information content (AvgIpc) is 2.14. The molecule has 0 unspecified atom stereocenters. The molecule has 1 N–H and O–H groups in total. The summed E-state index contributed by atoms with van der Waals surface area (Å²) in [5, 5.41) is 3.32. The van der Waals surface area contributed by atoms with Crippen LogP contribution in [-0.2, 0) is 0 Å². The van der Waals surface area contributed by atoms with Crippen molar-refractivity contribution in [3.63, 3.8) is 0 Å². The number of aryl methyl sites for hydroxylation is 1. The Balaban J connectivity index is 2.78. The third kappa shape index (κ3) is 2.95. The first kappa shape index (κ1) is 11.4. The van der Waals surface area contributed by atoms with Gasteiger partial charge in [0, 0.05) is 18.0 Å². The minimum atomic E-state index is 0.605. The Labute approximate surface area is 92.3 Å². The second-order valence-electron chi connectivity index (χ2n) is 3.88. The summed E-state index contributed by atoms with van der Waals surface area (Å²) >= 11 is 4.17. The molecule has 0 aliphatic carbocycles. The van der Waals surface area contributed by atoms with Crippen molar-refractivity contribution in [1.82, 2.24) is 0 Å². The predicted octanol–water partition coefficient (Wildman–Crippen LogP) is 3.46. The van der Waals surface area contributed by atoms with Crippen molar-refractivity contribution in [3.05, 3.63) is 29.3 Å². The zero-order chi connectivity index (χ0) is 10.6. The van der Waals surface area contributed by atoms with Crippen LogP contribution in [0.1, 0.15) is 30.9 Å². The topological polar surface area (TPSA) is 12.0 Å². The van der Waals surface area contributed by atoms with Gasteiger partial charge in [0.15, 0.2) is 0 Å². The molecular weight excluding hydrogens is 190 g/mol. The molecule has 1 aromatic carbocycles. The summed E-state index contributed by atoms with van der Waals surface area (Å²) in [5.74, 6) is 1.47. The number of hydrogen-bond donors (Lipinski definition) is 2. The largest absolute Gasteiger partial charge is 0.384 e. The number of hydrogen-bond acceptors (Lipinski definition) is 2. The Kier molecular flexibility index (Phi) is 4.33. The van der Waals surface area contributed by atoms with E-state index in [0.29, 0.717) is 5.92 Å². The lowest BCUT2D eigenvalue weighted by Crippen LogP contribution is -2.03. The Hall–Kier alpha value is -0.630. The SMILES string of the molecule is Cc1cc(NCCS)ccc1C(C)C. The Morgan fingerprint density at radius 3 is 2.57 bits per heavy atom. The van der Waals surface area contributed by atoms with Gasteiger partial charge in [-0.1, -0.05) is 19.9 Å². The third-order valence-corrected chi connectivity index (χ3v) is 2.56. The fraction of sp³-hybridized carbons (Fsp3) is 0.500. The first-order valence-corrected chi connectivity index (χ1v) is 5.73. The number of thiol groups is 1. The van der Waals surface area contributed by atoms with Gasteiger partial charge in [0.2, 0.25) is 0 Å². The van der Waals surface area contributed by atoms with Crippen LogP contribution < -0.4 is 5.32 Å². The van der Waals surface area contributed by atoms with E-state index in [2.05, 4.69) is 56.9 Å². The van der Waals surface area contributed by atoms with Crippen molar-refractivity contribution in [2.45, 2.75) is 26.7 Å². The highest BCUT2D eigenvalue weighted by Gasteiger charge is 2.03. The van der Waals surface area contributed by atoms with Gasteiger partial charge in [-0.2, -0.15) is 12.6 Å². The van der Waals surface area contributed by atoms with Gasteiger partial charge in [-0.25, -0.2) is 0 Å². The molecule has 0 aliphatic rings. The van der Waals surface area contributed by atoms with E-state index in [1.165, 1.54) is 16.8 Å². The summed E-state index contributed by atoms with van der Waals surface area (Å²) in [6.07, 6.45) is 0. The maximum Gasteiger partial charge on any atom is 0.0343 e. The highest BCUT2D eigenvalue weighted by Crippen LogP contribution is 2.21. The van der Waals surface area contributed by atoms with Crippen LogP contribution in [0.4, 0.5) is 5.69 Å². The molecule has 78 valence electrons. The second kappa shape index (κ2) is 5.30. The molecule has 1 aromatic rings. The van der Waals surface area contributed by atoms with Gasteiger partial charge >= 0.3 is 0 Å². The first-order chi connectivity index (χ1) is 6.65. The fourth-order valence-corrected chi connectivity index (χ4v) is 1.75. The van der Waals surface area contributed by atoms with E-state index < -0.39 is 0 Å². The monoisotopic (exact) mass is 209 g/mol. The lowest BCUT2D eigenvalue weighted by molar-refractivity contribution is 0.856. The van der Waals surface area contributed by atoms with E-state index in [1.807, 2.05) is 0 Å². The van der Waals surface area contributed by atoms with E-state index in [1.54, 1.807) is 0 Å². The summed E-state index contributed by atoms with van der Waals surface area (Å²) in [6, 6.07) is 6.56. The van der Waals surface area contributed by atoms with E-state index in [4.69, 9.17) is 0 Å². The maximum atomic E-state index is 4.17. The van der Waals surface area contributed by atoms with Crippen molar-refractivity contribution in [2.24, 2.45) is 0 Å². The fourth-order valence-electron chi connectivity index (χ4n) is 1.63. The molecule has 0 amide bonds. The van der Waals surface area contributed by atoms with E-state index in [9.17, 15) is 0 Å². The molecule has 0 bridgehead atoms. The van der Waals surface area contributed by atoms with Crippen molar-refractivity contribution in [3.8, 4) is 0 Å². The summed E-state index contributed by atoms with van der Waals surface area (Å²) < 4.78 is 0. The number of rotatable bonds is 4. The molecule has 0 heterocycles. The Morgan fingerprint density at radius 2 is 2.07 bits per heavy atom. The van der Waals surface area contributed by atoms with Crippen LogP contribution in [0.15, 0.2) is 18.2 Å². The Bertz CT molecular complexity index is 294. The van der Waals surface area contributed by atoms with Gasteiger partial charge in [-0.3, -0.25) is 0 Å². The molecule has 14 heavy (non-hydrogen) atoms. The summed E-state index contributed by atoms with van der Waals surface area (Å²) in [4.78, 5) is 0. The van der Waals surface area contributed by atoms with E-state index >= 15 is 0 Å². The average molecular weight is 209 g/mol. The lowest BCUT2D eigenvalue weighted by Gasteiger charge is -2.12. The van der Waals surface area contributed by atoms with Crippen molar-refractivity contribution < 1.29 is 0 Å². The molecule has 0 aliphatic heterocycles. The van der Waals surface area contributed by atoms with Crippen molar-refractivity contribution in [2.75, 3.05) is 17.6 Å². The van der Waals surface area contributed by atoms with Crippen molar-refractivity contribution >= 4 is 18.3 Å². The van der Waals surface area contributed by atoms with Gasteiger partial charge in [-0.05, 0) is 36.1 Å². The van der Waals surface area contributed by atoms with Gasteiger partial charge in [0.1, 0.15) is 0 Å². The molecule has 0 fully saturated rings. The molecule has 0 radical (unpaired) electrons. The van der Waals surface area contributed by atoms with Crippen LogP contribution in [0, 0.1) is 6.92 Å². The maximum absolute atomic E-state index is 4.17. The molecule has 0 atom stereocenters. The zero-order valence-corrected chi connectivity index (χ0v) is 10.1. The number of benzene rings is 1. The smallest absolute Gasteiger partial charge is 0.0343 e. The molecule has 1 rings (SSSR count). The molecule has 0 aromatic heterocycles. The minimum absolute atomic E-state index is 0.605. The molecule has 0 spiro atoms. The van der Waals surface area contributed by atoms with Gasteiger partial charge < -0.3 is 5.32 Å². The highest BCUT2D eigenvalue weighted by atomic mass is 32.1. The van der Waals surface area contributed by atoms with Crippen LogP contribution in [0.5, 0.6) is 0 Å². The second-order valence-corrected chi connectivity index (χ2v) is 4.32. The molecule has 0 saturated heterocycles. The summed E-state index contributed by atoms with van der Waals surface area (Å²) in [7, 11) is 0. The predicted molar refractivity (Wildman–Crippen MR) is 67.6 cm³/mol. The standard InChI is InChI=1S/C12H19NS/c1-9(2)12-5-4-11(8-10(12)3)13-6-7-14/h4-5,8-9,13-14H,6-7H2,1-3H3. The quantitative estimate of drug-likeness (QED) is 0.724. The molecule has 0 saturated carbocycles. The summed E-state index contributed by atoms with van der Waals surface area (Å²) in [5.41, 5.74) is 3.99. The van der Waals surface area contributed by atoms with Gasteiger partial charge in [0.05, 0.1) is 0 Å². The Morgan fingerprint density at radius 1 is 1.36 bits per heavy atom. The molecule has 2 heteroatoms. The number of nitrogens with one attached hydrogen (secondary N) is 1. The van der Waals surface area contributed by atoms with Crippen LogP contribution in [0.3, 0.4) is 0 Å². The van der Waals surface area contributed by atoms with Gasteiger partial charge in [0.25, 0.3) is 0 Å². The van der Waals surface area contributed by atoms with E-state index in [0.717, 1.165) is 12.3 Å². The molecule has 1 nitrogen and oxygen atoms in total. The van der Waals surface area contributed by atoms with E-state index in [-0.39, 0.29) is 0 Å². The summed E-state index contributed by atoms with van der Waals surface area (Å²) in [6.45, 7) is 7.54. The van der Waals surface area contributed by atoms with Crippen LogP contribution in [0.25, 0.3) is 0 Å². The normalized spacial score (nSPS) is 10.6. The third-order valence-electron chi connectivity index (χ3n) is 2.33. The highest BCUT2D eigenvalue weighted by molar-refractivity contribution is 7.80. The first-order valence-electron chi connectivity index (χ1n) is 5.10. The van der Waals surface area contributed by atoms with Crippen LogP contribution in [0.2, 0.25) is 0 Å². The lowest BCUT2D eigenvalue weighted by atomic mass is 9.98. The minimum Gasteiger partial charge on any atom is -0.384 e. The van der Waals surface area contributed by atoms with Crippen LogP contribution in [-0.4, -0.2) is 12.3 Å². The molecular formula is C12H19NS. The number of anilines is 1.